The molecule has 2 aromatic rings. The van der Waals surface area contributed by atoms with Crippen LogP contribution in [0.3, 0.4) is 0 Å². The lowest BCUT2D eigenvalue weighted by molar-refractivity contribution is -0.131. The van der Waals surface area contributed by atoms with E-state index >= 15 is 0 Å². The van der Waals surface area contributed by atoms with Crippen LogP contribution < -0.4 is 15.3 Å². The standard InChI is InChI=1S/C24H27N2O2/c1-6-7-20-12-13-26(21-15-25(16-21)23(27)14-17(2)3)24(20)19(5)28-22-10-8-18(4)9-11-22/h6-14,21H,1,4,15-16H2,2-3,5H3/b20-7-,24-19-. The Balaban J connectivity index is 1.91. The molecule has 0 unspecified atom stereocenters. The number of hydrogen-bond donors (Lipinski definition) is 0. The van der Waals surface area contributed by atoms with Gasteiger partial charge in [-0.15, -0.1) is 0 Å². The molecule has 3 rings (SSSR count). The first-order valence-corrected chi connectivity index (χ1v) is 9.43. The zero-order valence-electron chi connectivity index (χ0n) is 16.8. The molecule has 145 valence electrons. The third kappa shape index (κ3) is 4.28. The van der Waals surface area contributed by atoms with Crippen molar-refractivity contribution in [3.8, 4) is 5.75 Å². The van der Waals surface area contributed by atoms with Crippen LogP contribution in [0, 0.1) is 6.92 Å². The summed E-state index contributed by atoms with van der Waals surface area (Å²) in [5, 5.41) is 2.06. The van der Waals surface area contributed by atoms with Crippen LogP contribution in [-0.2, 0) is 4.79 Å². The van der Waals surface area contributed by atoms with Crippen molar-refractivity contribution >= 4 is 17.7 Å². The highest BCUT2D eigenvalue weighted by molar-refractivity contribution is 5.88. The van der Waals surface area contributed by atoms with Gasteiger partial charge in [-0.25, -0.2) is 0 Å². The van der Waals surface area contributed by atoms with E-state index in [1.807, 2.05) is 56.0 Å². The highest BCUT2D eigenvalue weighted by Gasteiger charge is 2.31. The van der Waals surface area contributed by atoms with Gasteiger partial charge in [0, 0.05) is 30.6 Å². The molecule has 0 aliphatic carbocycles. The number of nitrogens with zero attached hydrogens (tertiary/aromatic N) is 2. The summed E-state index contributed by atoms with van der Waals surface area (Å²) < 4.78 is 8.31. The fourth-order valence-electron chi connectivity index (χ4n) is 3.35. The highest BCUT2D eigenvalue weighted by atomic mass is 16.5. The summed E-state index contributed by atoms with van der Waals surface area (Å²) in [4.78, 5) is 14.1. The molecule has 1 aliphatic rings. The van der Waals surface area contributed by atoms with Crippen LogP contribution in [0.2, 0.25) is 0 Å². The Morgan fingerprint density at radius 1 is 1.14 bits per heavy atom. The van der Waals surface area contributed by atoms with Gasteiger partial charge in [-0.2, -0.15) is 0 Å². The molecule has 1 fully saturated rings. The minimum atomic E-state index is 0.0769. The van der Waals surface area contributed by atoms with Gasteiger partial charge in [0.05, 0.1) is 11.4 Å². The number of amides is 1. The number of carbonyl (C=O) groups is 1. The van der Waals surface area contributed by atoms with Crippen LogP contribution in [0.1, 0.15) is 32.4 Å². The number of allylic oxidation sites excluding steroid dienone is 2. The summed E-state index contributed by atoms with van der Waals surface area (Å²) in [6.07, 6.45) is 7.50. The van der Waals surface area contributed by atoms with E-state index in [9.17, 15) is 4.79 Å². The van der Waals surface area contributed by atoms with E-state index in [-0.39, 0.29) is 11.9 Å². The topological polar surface area (TPSA) is 34.5 Å². The molecular weight excluding hydrogens is 348 g/mol. The Morgan fingerprint density at radius 2 is 1.82 bits per heavy atom. The molecule has 0 N–H and O–H groups in total. The molecule has 4 heteroatoms. The molecule has 28 heavy (non-hydrogen) atoms. The Morgan fingerprint density at radius 3 is 2.43 bits per heavy atom. The second-order valence-electron chi connectivity index (χ2n) is 7.35. The molecule has 1 amide bonds. The number of benzene rings is 1. The molecule has 1 saturated heterocycles. The highest BCUT2D eigenvalue weighted by Crippen LogP contribution is 2.21. The SMILES string of the molecule is [CH2]c1ccc(O/C(C)=c2/c(=C\C=C)ccn2C2CN(C(=O)C=C(C)C)C2)cc1. The van der Waals surface area contributed by atoms with E-state index < -0.39 is 0 Å². The Bertz CT molecular complexity index is 1020. The summed E-state index contributed by atoms with van der Waals surface area (Å²) in [7, 11) is 0. The van der Waals surface area contributed by atoms with E-state index in [2.05, 4.69) is 30.3 Å². The summed E-state index contributed by atoms with van der Waals surface area (Å²) in [5.41, 5.74) is 1.97. The normalized spacial score (nSPS) is 15.7. The lowest BCUT2D eigenvalue weighted by Crippen LogP contribution is -2.53. The second kappa shape index (κ2) is 8.34. The van der Waals surface area contributed by atoms with E-state index in [1.165, 1.54) is 0 Å². The van der Waals surface area contributed by atoms with E-state index in [4.69, 9.17) is 4.74 Å². The molecule has 1 aliphatic heterocycles. The molecule has 1 radical (unpaired) electrons. The van der Waals surface area contributed by atoms with Crippen LogP contribution in [0.5, 0.6) is 5.75 Å². The first-order chi connectivity index (χ1) is 13.4. The van der Waals surface area contributed by atoms with E-state index in [1.54, 1.807) is 12.2 Å². The van der Waals surface area contributed by atoms with Gasteiger partial charge in [0.1, 0.15) is 11.5 Å². The summed E-state index contributed by atoms with van der Waals surface area (Å²) in [6.45, 7) is 15.0. The van der Waals surface area contributed by atoms with Crippen LogP contribution in [-0.4, -0.2) is 28.5 Å². The summed E-state index contributed by atoms with van der Waals surface area (Å²) >= 11 is 0. The van der Waals surface area contributed by atoms with Crippen molar-refractivity contribution in [3.63, 3.8) is 0 Å². The number of carbonyl (C=O) groups excluding carboxylic acids is 1. The predicted molar refractivity (Wildman–Crippen MR) is 114 cm³/mol. The Labute approximate surface area is 166 Å². The van der Waals surface area contributed by atoms with Gasteiger partial charge in [0.15, 0.2) is 0 Å². The fraction of sp³-hybridized carbons (Fsp3) is 0.250. The first kappa shape index (κ1) is 19.7. The van der Waals surface area contributed by atoms with Crippen molar-refractivity contribution in [3.05, 3.63) is 83.9 Å². The van der Waals surface area contributed by atoms with Crippen LogP contribution in [0.4, 0.5) is 0 Å². The van der Waals surface area contributed by atoms with Crippen molar-refractivity contribution in [1.82, 2.24) is 9.47 Å². The molecule has 4 nitrogen and oxygen atoms in total. The van der Waals surface area contributed by atoms with Gasteiger partial charge in [-0.3, -0.25) is 4.79 Å². The van der Waals surface area contributed by atoms with Gasteiger partial charge < -0.3 is 14.2 Å². The van der Waals surface area contributed by atoms with Gasteiger partial charge in [-0.1, -0.05) is 36.4 Å². The molecular formula is C24H27N2O2. The molecule has 1 aromatic heterocycles. The summed E-state index contributed by atoms with van der Waals surface area (Å²) in [5.74, 6) is 1.66. The third-order valence-corrected chi connectivity index (χ3v) is 4.75. The maximum atomic E-state index is 12.2. The Hall–Kier alpha value is -3.01. The van der Waals surface area contributed by atoms with E-state index in [0.717, 1.165) is 33.2 Å². The number of hydrogen-bond acceptors (Lipinski definition) is 2. The molecule has 0 saturated carbocycles. The molecule has 0 atom stereocenters. The van der Waals surface area contributed by atoms with Crippen LogP contribution in [0.15, 0.2) is 60.8 Å². The summed E-state index contributed by atoms with van der Waals surface area (Å²) in [6, 6.07) is 9.98. The van der Waals surface area contributed by atoms with Crippen molar-refractivity contribution < 1.29 is 9.53 Å². The fourth-order valence-corrected chi connectivity index (χ4v) is 3.35. The number of likely N-dealkylation sites (tertiary alicyclic amines) is 1. The maximum absolute atomic E-state index is 12.2. The van der Waals surface area contributed by atoms with Crippen molar-refractivity contribution in [2.24, 2.45) is 0 Å². The second-order valence-corrected chi connectivity index (χ2v) is 7.35. The van der Waals surface area contributed by atoms with Gasteiger partial charge in [0.2, 0.25) is 5.91 Å². The average molecular weight is 375 g/mol. The minimum absolute atomic E-state index is 0.0769. The van der Waals surface area contributed by atoms with Crippen molar-refractivity contribution in [2.75, 3.05) is 13.1 Å². The third-order valence-electron chi connectivity index (χ3n) is 4.75. The van der Waals surface area contributed by atoms with Crippen molar-refractivity contribution in [2.45, 2.75) is 26.8 Å². The van der Waals surface area contributed by atoms with E-state index in [0.29, 0.717) is 13.1 Å². The Kier molecular flexibility index (Phi) is 5.88. The largest absolute Gasteiger partial charge is 0.460 e. The van der Waals surface area contributed by atoms with Gasteiger partial charge in [0.25, 0.3) is 0 Å². The number of rotatable bonds is 5. The van der Waals surface area contributed by atoms with Crippen molar-refractivity contribution in [1.29, 1.82) is 0 Å². The number of aromatic nitrogens is 1. The zero-order valence-corrected chi connectivity index (χ0v) is 16.8. The maximum Gasteiger partial charge on any atom is 0.246 e. The molecule has 0 bridgehead atoms. The van der Waals surface area contributed by atoms with Crippen LogP contribution in [0.25, 0.3) is 11.8 Å². The average Bonchev–Trinajstić information content (AvgIpc) is 2.99. The lowest BCUT2D eigenvalue weighted by atomic mass is 10.1. The predicted octanol–water partition coefficient (Wildman–Crippen LogP) is 3.19. The van der Waals surface area contributed by atoms with Crippen LogP contribution >= 0.6 is 0 Å². The molecule has 1 aromatic carbocycles. The number of ether oxygens (including phenoxy) is 1. The lowest BCUT2D eigenvalue weighted by Gasteiger charge is -2.39. The zero-order chi connectivity index (χ0) is 20.3. The monoisotopic (exact) mass is 375 g/mol. The van der Waals surface area contributed by atoms with Gasteiger partial charge >= 0.3 is 0 Å². The molecule has 2 heterocycles. The molecule has 0 spiro atoms. The minimum Gasteiger partial charge on any atom is -0.460 e. The smallest absolute Gasteiger partial charge is 0.246 e. The first-order valence-electron chi connectivity index (χ1n) is 9.43. The van der Waals surface area contributed by atoms with Gasteiger partial charge in [-0.05, 0) is 51.5 Å². The quantitative estimate of drug-likeness (QED) is 0.752.